The van der Waals surface area contributed by atoms with Gasteiger partial charge in [-0.2, -0.15) is 4.99 Å². The summed E-state index contributed by atoms with van der Waals surface area (Å²) >= 11 is 0. The quantitative estimate of drug-likeness (QED) is 0.473. The number of halogens is 1. The molecule has 5 nitrogen and oxygen atoms in total. The molecule has 0 amide bonds. The monoisotopic (exact) mass is 406 g/mol. The Balaban J connectivity index is 1.35. The predicted molar refractivity (Wildman–Crippen MR) is 117 cm³/mol. The molecule has 4 rings (SSSR count). The molecule has 6 heteroatoms. The highest BCUT2D eigenvalue weighted by Crippen LogP contribution is 2.23. The van der Waals surface area contributed by atoms with Crippen molar-refractivity contribution in [2.75, 3.05) is 13.1 Å². The van der Waals surface area contributed by atoms with Crippen LogP contribution in [0.3, 0.4) is 0 Å². The summed E-state index contributed by atoms with van der Waals surface area (Å²) in [4.78, 5) is 6.53. The number of rotatable bonds is 5. The normalized spacial score (nSPS) is 15.2. The largest absolute Gasteiger partial charge is 0.369 e. The van der Waals surface area contributed by atoms with Crippen LogP contribution in [0, 0.1) is 5.82 Å². The van der Waals surface area contributed by atoms with E-state index in [1.54, 1.807) is 12.1 Å². The standard InChI is InChI=1S/C24H27FN4O/c25-22-8-4-3-7-21(22)19-12-9-18(10-13-19)11-14-20-17-23(30-28-20)27-24(26)29-15-5-1-2-6-16-29/h3-4,7-10,12-13,17H,1-2,5-6,11,14-16H2,(H2,26,27). The molecule has 1 aliphatic rings. The molecule has 0 unspecified atom stereocenters. The van der Waals surface area contributed by atoms with Gasteiger partial charge in [-0.25, -0.2) is 4.39 Å². The molecule has 0 radical (unpaired) electrons. The fourth-order valence-corrected chi connectivity index (χ4v) is 3.77. The van der Waals surface area contributed by atoms with Crippen molar-refractivity contribution in [2.24, 2.45) is 10.7 Å². The minimum Gasteiger partial charge on any atom is -0.369 e. The SMILES string of the molecule is NC(=Nc1cc(CCc2ccc(-c3ccccc3F)cc2)no1)N1CCCCCC1. The molecule has 1 aliphatic heterocycles. The second kappa shape index (κ2) is 9.57. The van der Waals surface area contributed by atoms with Gasteiger partial charge in [-0.1, -0.05) is 60.5 Å². The molecule has 2 N–H and O–H groups in total. The summed E-state index contributed by atoms with van der Waals surface area (Å²) in [5.41, 5.74) is 9.65. The summed E-state index contributed by atoms with van der Waals surface area (Å²) in [7, 11) is 0. The fourth-order valence-electron chi connectivity index (χ4n) is 3.77. The lowest BCUT2D eigenvalue weighted by atomic mass is 10.0. The van der Waals surface area contributed by atoms with Crippen LogP contribution in [0.25, 0.3) is 11.1 Å². The average molecular weight is 407 g/mol. The van der Waals surface area contributed by atoms with Gasteiger partial charge in [0, 0.05) is 24.7 Å². The number of nitrogens with zero attached hydrogens (tertiary/aromatic N) is 3. The third-order valence-corrected chi connectivity index (χ3v) is 5.51. The minimum absolute atomic E-state index is 0.208. The number of hydrogen-bond acceptors (Lipinski definition) is 3. The van der Waals surface area contributed by atoms with E-state index in [0.29, 0.717) is 17.4 Å². The average Bonchev–Trinajstić information content (AvgIpc) is 3.03. The van der Waals surface area contributed by atoms with Gasteiger partial charge in [-0.3, -0.25) is 0 Å². The zero-order valence-electron chi connectivity index (χ0n) is 17.1. The van der Waals surface area contributed by atoms with Gasteiger partial charge in [0.2, 0.25) is 0 Å². The Morgan fingerprint density at radius 1 is 1.00 bits per heavy atom. The summed E-state index contributed by atoms with van der Waals surface area (Å²) in [6.07, 6.45) is 6.34. The van der Waals surface area contributed by atoms with E-state index < -0.39 is 0 Å². The van der Waals surface area contributed by atoms with E-state index in [0.717, 1.165) is 55.6 Å². The highest BCUT2D eigenvalue weighted by Gasteiger charge is 2.12. The van der Waals surface area contributed by atoms with Crippen molar-refractivity contribution in [3.63, 3.8) is 0 Å². The highest BCUT2D eigenvalue weighted by molar-refractivity contribution is 5.80. The van der Waals surface area contributed by atoms with Crippen molar-refractivity contribution in [2.45, 2.75) is 38.5 Å². The highest BCUT2D eigenvalue weighted by atomic mass is 19.1. The summed E-state index contributed by atoms with van der Waals surface area (Å²) < 4.78 is 19.3. The van der Waals surface area contributed by atoms with E-state index in [-0.39, 0.29) is 5.82 Å². The molecule has 1 saturated heterocycles. The molecule has 1 fully saturated rings. The molecular weight excluding hydrogens is 379 g/mol. The third kappa shape index (κ3) is 5.06. The van der Waals surface area contributed by atoms with Gasteiger partial charge in [0.15, 0.2) is 5.96 Å². The molecule has 1 aromatic heterocycles. The lowest BCUT2D eigenvalue weighted by Gasteiger charge is -2.20. The zero-order chi connectivity index (χ0) is 20.8. The van der Waals surface area contributed by atoms with Crippen LogP contribution in [0.2, 0.25) is 0 Å². The zero-order valence-corrected chi connectivity index (χ0v) is 17.1. The van der Waals surface area contributed by atoms with Gasteiger partial charge in [-0.15, -0.1) is 0 Å². The number of aromatic nitrogens is 1. The Kier molecular flexibility index (Phi) is 6.42. The summed E-state index contributed by atoms with van der Waals surface area (Å²) in [5, 5.41) is 4.12. The summed E-state index contributed by atoms with van der Waals surface area (Å²) in [6.45, 7) is 1.89. The first-order valence-electron chi connectivity index (χ1n) is 10.6. The number of aryl methyl sites for hydroxylation is 2. The van der Waals surface area contributed by atoms with Crippen molar-refractivity contribution in [1.29, 1.82) is 0 Å². The molecule has 3 aromatic rings. The number of likely N-dealkylation sites (tertiary alicyclic amines) is 1. The molecule has 2 aromatic carbocycles. The van der Waals surface area contributed by atoms with Crippen LogP contribution in [0.5, 0.6) is 0 Å². The van der Waals surface area contributed by atoms with Crippen LogP contribution < -0.4 is 5.73 Å². The lowest BCUT2D eigenvalue weighted by molar-refractivity contribution is 0.411. The molecule has 0 atom stereocenters. The number of aliphatic imine (C=N–C) groups is 1. The Bertz CT molecular complexity index is 988. The molecule has 0 aliphatic carbocycles. The van der Waals surface area contributed by atoms with Crippen molar-refractivity contribution in [3.8, 4) is 11.1 Å². The Morgan fingerprint density at radius 3 is 2.47 bits per heavy atom. The maximum absolute atomic E-state index is 13.9. The van der Waals surface area contributed by atoms with Crippen LogP contribution in [0.15, 0.2) is 64.1 Å². The first-order valence-corrected chi connectivity index (χ1v) is 10.6. The Morgan fingerprint density at radius 2 is 1.73 bits per heavy atom. The van der Waals surface area contributed by atoms with Crippen LogP contribution in [-0.2, 0) is 12.8 Å². The van der Waals surface area contributed by atoms with E-state index in [1.807, 2.05) is 36.4 Å². The molecule has 30 heavy (non-hydrogen) atoms. The van der Waals surface area contributed by atoms with Gasteiger partial charge in [-0.05, 0) is 42.9 Å². The molecular formula is C24H27FN4O. The van der Waals surface area contributed by atoms with Gasteiger partial charge in [0.05, 0.1) is 5.69 Å². The van der Waals surface area contributed by atoms with Gasteiger partial charge in [0.1, 0.15) is 5.82 Å². The summed E-state index contributed by atoms with van der Waals surface area (Å²) in [6, 6.07) is 16.6. The molecule has 156 valence electrons. The number of hydrogen-bond donors (Lipinski definition) is 1. The molecule has 0 saturated carbocycles. The minimum atomic E-state index is -0.208. The second-order valence-corrected chi connectivity index (χ2v) is 7.70. The summed E-state index contributed by atoms with van der Waals surface area (Å²) in [5.74, 6) is 0.741. The topological polar surface area (TPSA) is 67.6 Å². The lowest BCUT2D eigenvalue weighted by Crippen LogP contribution is -2.37. The first kappa shape index (κ1) is 20.1. The smallest absolute Gasteiger partial charge is 0.253 e. The van der Waals surface area contributed by atoms with Crippen molar-refractivity contribution >= 4 is 11.8 Å². The number of guanidine groups is 1. The molecule has 0 spiro atoms. The first-order chi connectivity index (χ1) is 14.7. The van der Waals surface area contributed by atoms with Crippen LogP contribution in [0.1, 0.15) is 36.9 Å². The van der Waals surface area contributed by atoms with Crippen molar-refractivity contribution in [1.82, 2.24) is 10.1 Å². The van der Waals surface area contributed by atoms with E-state index >= 15 is 0 Å². The van der Waals surface area contributed by atoms with Gasteiger partial charge >= 0.3 is 0 Å². The molecule has 2 heterocycles. The van der Waals surface area contributed by atoms with Crippen molar-refractivity contribution < 1.29 is 8.91 Å². The number of benzene rings is 2. The van der Waals surface area contributed by atoms with Crippen molar-refractivity contribution in [3.05, 3.63) is 71.7 Å². The second-order valence-electron chi connectivity index (χ2n) is 7.70. The third-order valence-electron chi connectivity index (χ3n) is 5.51. The van der Waals surface area contributed by atoms with E-state index in [9.17, 15) is 4.39 Å². The maximum Gasteiger partial charge on any atom is 0.253 e. The Hall–Kier alpha value is -3.15. The van der Waals surface area contributed by atoms with Crippen LogP contribution >= 0.6 is 0 Å². The predicted octanol–water partition coefficient (Wildman–Crippen LogP) is 5.09. The van der Waals surface area contributed by atoms with Crippen LogP contribution in [0.4, 0.5) is 10.3 Å². The van der Waals surface area contributed by atoms with Gasteiger partial charge in [0.25, 0.3) is 5.88 Å². The van der Waals surface area contributed by atoms with E-state index in [1.165, 1.54) is 18.9 Å². The maximum atomic E-state index is 13.9. The molecule has 0 bridgehead atoms. The number of nitrogens with two attached hydrogens (primary N) is 1. The Labute approximate surface area is 176 Å². The van der Waals surface area contributed by atoms with E-state index in [4.69, 9.17) is 10.3 Å². The van der Waals surface area contributed by atoms with Gasteiger partial charge < -0.3 is 15.2 Å². The van der Waals surface area contributed by atoms with Crippen LogP contribution in [-0.4, -0.2) is 29.1 Å². The van der Waals surface area contributed by atoms with E-state index in [2.05, 4.69) is 15.0 Å². The fraction of sp³-hybridized carbons (Fsp3) is 0.333.